The maximum absolute atomic E-state index is 12.7. The summed E-state index contributed by atoms with van der Waals surface area (Å²) in [6.45, 7) is 6.98. The van der Waals surface area contributed by atoms with E-state index in [9.17, 15) is 4.79 Å². The van der Waals surface area contributed by atoms with Crippen molar-refractivity contribution in [2.24, 2.45) is 0 Å². The molecule has 0 radical (unpaired) electrons. The Morgan fingerprint density at radius 3 is 2.88 bits per heavy atom. The number of amides is 1. The summed E-state index contributed by atoms with van der Waals surface area (Å²) < 4.78 is 7.49. The Morgan fingerprint density at radius 1 is 1.42 bits per heavy atom. The van der Waals surface area contributed by atoms with Gasteiger partial charge in [0, 0.05) is 17.8 Å². The molecule has 7 heteroatoms. The summed E-state index contributed by atoms with van der Waals surface area (Å²) in [7, 11) is 0. The van der Waals surface area contributed by atoms with Gasteiger partial charge in [0.2, 0.25) is 0 Å². The molecule has 1 aliphatic rings. The molecule has 1 atom stereocenters. The van der Waals surface area contributed by atoms with Crippen molar-refractivity contribution < 1.29 is 9.53 Å². The number of halogens is 2. The molecule has 0 saturated carbocycles. The molecule has 5 nitrogen and oxygen atoms in total. The van der Waals surface area contributed by atoms with Crippen molar-refractivity contribution in [3.63, 3.8) is 0 Å². The predicted molar refractivity (Wildman–Crippen MR) is 94.2 cm³/mol. The van der Waals surface area contributed by atoms with Crippen molar-refractivity contribution >= 4 is 29.1 Å². The molecule has 0 bridgehead atoms. The van der Waals surface area contributed by atoms with Crippen molar-refractivity contribution in [2.75, 3.05) is 6.61 Å². The van der Waals surface area contributed by atoms with E-state index >= 15 is 0 Å². The minimum Gasteiger partial charge on any atom is -0.489 e. The van der Waals surface area contributed by atoms with Crippen LogP contribution in [0.25, 0.3) is 0 Å². The molecule has 0 aliphatic carbocycles. The van der Waals surface area contributed by atoms with Crippen molar-refractivity contribution in [2.45, 2.75) is 39.8 Å². The Bertz CT molecular complexity index is 802. The Kier molecular flexibility index (Phi) is 4.74. The molecule has 128 valence electrons. The number of carbonyl (C=O) groups excluding carboxylic acids is 1. The number of hydrogen-bond acceptors (Lipinski definition) is 3. The van der Waals surface area contributed by atoms with Gasteiger partial charge in [-0.05, 0) is 26.3 Å². The summed E-state index contributed by atoms with van der Waals surface area (Å²) in [4.78, 5) is 12.7. The van der Waals surface area contributed by atoms with Crippen LogP contribution in [0.2, 0.25) is 10.0 Å². The smallest absolute Gasteiger partial charge is 0.255 e. The second kappa shape index (κ2) is 6.65. The summed E-state index contributed by atoms with van der Waals surface area (Å²) in [5, 5.41) is 8.29. The largest absolute Gasteiger partial charge is 0.489 e. The summed E-state index contributed by atoms with van der Waals surface area (Å²) in [5.74, 6) is 0.393. The average Bonchev–Trinajstić information content (AvgIpc) is 3.05. The van der Waals surface area contributed by atoms with Gasteiger partial charge in [-0.3, -0.25) is 9.48 Å². The highest BCUT2D eigenvalue weighted by molar-refractivity contribution is 6.43. The molecule has 1 unspecified atom stereocenters. The van der Waals surface area contributed by atoms with Crippen LogP contribution in [-0.4, -0.2) is 22.3 Å². The minimum absolute atomic E-state index is 0.153. The van der Waals surface area contributed by atoms with Crippen molar-refractivity contribution in [3.8, 4) is 5.75 Å². The molecule has 1 N–H and O–H groups in total. The highest BCUT2D eigenvalue weighted by Gasteiger charge is 2.30. The maximum Gasteiger partial charge on any atom is 0.255 e. The number of fused-ring (bicyclic) bond motifs is 1. The lowest BCUT2D eigenvalue weighted by Crippen LogP contribution is -2.30. The van der Waals surface area contributed by atoms with Gasteiger partial charge in [0.05, 0.1) is 22.3 Å². The van der Waals surface area contributed by atoms with Crippen LogP contribution < -0.4 is 10.1 Å². The Balaban J connectivity index is 1.84. The number of aromatic nitrogens is 2. The van der Waals surface area contributed by atoms with Crippen molar-refractivity contribution in [1.29, 1.82) is 0 Å². The third-order valence-electron chi connectivity index (χ3n) is 4.20. The molecule has 1 aliphatic heterocycles. The third kappa shape index (κ3) is 2.87. The van der Waals surface area contributed by atoms with Crippen LogP contribution in [0.1, 0.15) is 46.7 Å². The number of hydrogen-bond donors (Lipinski definition) is 1. The van der Waals surface area contributed by atoms with Crippen molar-refractivity contribution in [1.82, 2.24) is 15.1 Å². The SMILES string of the molecule is CCCn1nc(C)c(C(=O)NC2COc3c2ccc(Cl)c3Cl)c1C. The lowest BCUT2D eigenvalue weighted by molar-refractivity contribution is 0.0929. The standard InChI is InChI=1S/C17H19Cl2N3O2/c1-4-7-22-10(3)14(9(2)21-22)17(23)20-13-8-24-16-11(13)5-6-12(18)15(16)19/h5-6,13H,4,7-8H2,1-3H3,(H,20,23). The van der Waals surface area contributed by atoms with E-state index in [1.54, 1.807) is 6.07 Å². The summed E-state index contributed by atoms with van der Waals surface area (Å²) in [6, 6.07) is 3.30. The van der Waals surface area contributed by atoms with E-state index in [1.807, 2.05) is 24.6 Å². The van der Waals surface area contributed by atoms with Crippen molar-refractivity contribution in [3.05, 3.63) is 44.7 Å². The first kappa shape index (κ1) is 17.1. The molecule has 2 heterocycles. The normalized spacial score (nSPS) is 16.0. The van der Waals surface area contributed by atoms with Crippen LogP contribution in [0.4, 0.5) is 0 Å². The molecule has 1 aromatic heterocycles. The van der Waals surface area contributed by atoms with E-state index in [0.717, 1.165) is 29.9 Å². The number of carbonyl (C=O) groups is 1. The highest BCUT2D eigenvalue weighted by atomic mass is 35.5. The van der Waals surface area contributed by atoms with Crippen LogP contribution in [0.3, 0.4) is 0 Å². The van der Waals surface area contributed by atoms with E-state index in [0.29, 0.717) is 28.0 Å². The van der Waals surface area contributed by atoms with E-state index in [4.69, 9.17) is 27.9 Å². The quantitative estimate of drug-likeness (QED) is 0.885. The number of rotatable bonds is 4. The van der Waals surface area contributed by atoms with Gasteiger partial charge in [-0.2, -0.15) is 5.10 Å². The molecule has 3 rings (SSSR count). The maximum atomic E-state index is 12.7. The summed E-state index contributed by atoms with van der Waals surface area (Å²) >= 11 is 12.2. The molecule has 1 aromatic carbocycles. The fraction of sp³-hybridized carbons (Fsp3) is 0.412. The van der Waals surface area contributed by atoms with Crippen LogP contribution in [0.5, 0.6) is 5.75 Å². The summed E-state index contributed by atoms with van der Waals surface area (Å²) in [6.07, 6.45) is 0.964. The number of nitrogens with zero attached hydrogens (tertiary/aromatic N) is 2. The van der Waals surface area contributed by atoms with Gasteiger partial charge in [-0.15, -0.1) is 0 Å². The molecular formula is C17H19Cl2N3O2. The topological polar surface area (TPSA) is 56.2 Å². The molecule has 24 heavy (non-hydrogen) atoms. The van der Waals surface area contributed by atoms with E-state index < -0.39 is 0 Å². The van der Waals surface area contributed by atoms with Gasteiger partial charge in [0.15, 0.2) is 0 Å². The number of ether oxygens (including phenoxy) is 1. The fourth-order valence-corrected chi connectivity index (χ4v) is 3.40. The molecule has 1 amide bonds. The van der Waals surface area contributed by atoms with Gasteiger partial charge < -0.3 is 10.1 Å². The first-order chi connectivity index (χ1) is 11.4. The minimum atomic E-state index is -0.254. The monoisotopic (exact) mass is 367 g/mol. The number of benzene rings is 1. The van der Waals surface area contributed by atoms with Gasteiger partial charge in [-0.1, -0.05) is 36.2 Å². The first-order valence-electron chi connectivity index (χ1n) is 7.89. The summed E-state index contributed by atoms with van der Waals surface area (Å²) in [5.41, 5.74) is 3.07. The molecule has 2 aromatic rings. The average molecular weight is 368 g/mol. The van der Waals surface area contributed by atoms with E-state index in [1.165, 1.54) is 0 Å². The van der Waals surface area contributed by atoms with E-state index in [2.05, 4.69) is 17.3 Å². The molecular weight excluding hydrogens is 349 g/mol. The zero-order valence-electron chi connectivity index (χ0n) is 13.8. The lowest BCUT2D eigenvalue weighted by Gasteiger charge is -2.12. The van der Waals surface area contributed by atoms with Crippen LogP contribution >= 0.6 is 23.2 Å². The molecule has 0 fully saturated rings. The molecule has 0 saturated heterocycles. The van der Waals surface area contributed by atoms with Crippen LogP contribution in [0, 0.1) is 13.8 Å². The van der Waals surface area contributed by atoms with Crippen LogP contribution in [-0.2, 0) is 6.54 Å². The van der Waals surface area contributed by atoms with E-state index in [-0.39, 0.29) is 11.9 Å². The van der Waals surface area contributed by atoms with Gasteiger partial charge >= 0.3 is 0 Å². The Labute approximate surface area is 150 Å². The second-order valence-corrected chi connectivity index (χ2v) is 6.67. The van der Waals surface area contributed by atoms with Gasteiger partial charge in [0.1, 0.15) is 17.4 Å². The van der Waals surface area contributed by atoms with Gasteiger partial charge in [0.25, 0.3) is 5.91 Å². The Morgan fingerprint density at radius 2 is 2.17 bits per heavy atom. The fourth-order valence-electron chi connectivity index (χ4n) is 3.03. The molecule has 0 spiro atoms. The lowest BCUT2D eigenvalue weighted by atomic mass is 10.1. The first-order valence-corrected chi connectivity index (χ1v) is 8.65. The zero-order chi connectivity index (χ0) is 17.4. The number of aryl methyl sites for hydroxylation is 2. The predicted octanol–water partition coefficient (Wildman–Crippen LogP) is 4.08. The van der Waals surface area contributed by atoms with Gasteiger partial charge in [-0.25, -0.2) is 0 Å². The van der Waals surface area contributed by atoms with Crippen LogP contribution in [0.15, 0.2) is 12.1 Å². The second-order valence-electron chi connectivity index (χ2n) is 5.89. The highest BCUT2D eigenvalue weighted by Crippen LogP contribution is 2.42. The Hall–Kier alpha value is -1.72. The zero-order valence-corrected chi connectivity index (χ0v) is 15.3. The number of nitrogens with one attached hydrogen (secondary N) is 1. The third-order valence-corrected chi connectivity index (χ3v) is 4.99.